The minimum atomic E-state index is -4.77. The fraction of sp³-hybridized carbons (Fsp3) is 0.286. The summed E-state index contributed by atoms with van der Waals surface area (Å²) in [6.45, 7) is 1.14. The van der Waals surface area contributed by atoms with Crippen molar-refractivity contribution in [2.75, 3.05) is 17.2 Å². The van der Waals surface area contributed by atoms with Gasteiger partial charge in [0.1, 0.15) is 17.5 Å². The SMILES string of the molecule is C[C@H](CO)Nc1nc(Nc2cc(F)ccc2F)cc(C(F)(F)F)n1. The molecule has 0 radical (unpaired) electrons. The van der Waals surface area contributed by atoms with Crippen molar-refractivity contribution in [2.45, 2.75) is 19.1 Å². The second-order valence-corrected chi connectivity index (χ2v) is 4.94. The topological polar surface area (TPSA) is 70.1 Å². The van der Waals surface area contributed by atoms with E-state index < -0.39 is 35.5 Å². The molecule has 0 saturated carbocycles. The van der Waals surface area contributed by atoms with Gasteiger partial charge in [-0.3, -0.25) is 0 Å². The molecule has 0 bridgehead atoms. The summed E-state index contributed by atoms with van der Waals surface area (Å²) in [6, 6.07) is 2.45. The number of hydrogen-bond donors (Lipinski definition) is 3. The zero-order valence-electron chi connectivity index (χ0n) is 12.3. The Hall–Kier alpha value is -2.49. The number of halogens is 5. The van der Waals surface area contributed by atoms with Crippen molar-refractivity contribution >= 4 is 17.5 Å². The highest BCUT2D eigenvalue weighted by atomic mass is 19.4. The first-order valence-electron chi connectivity index (χ1n) is 6.75. The van der Waals surface area contributed by atoms with Crippen LogP contribution in [0.4, 0.5) is 39.4 Å². The molecule has 1 heterocycles. The highest BCUT2D eigenvalue weighted by Gasteiger charge is 2.34. The summed E-state index contributed by atoms with van der Waals surface area (Å²) in [7, 11) is 0. The van der Waals surface area contributed by atoms with Gasteiger partial charge in [-0.15, -0.1) is 0 Å². The maximum atomic E-state index is 13.6. The molecule has 1 atom stereocenters. The Kier molecular flexibility index (Phi) is 5.17. The van der Waals surface area contributed by atoms with Gasteiger partial charge in [0.05, 0.1) is 12.3 Å². The standard InChI is InChI=1S/C14H13F5N4O/c1-7(6-24)20-13-22-11(14(17,18)19)5-12(23-13)21-10-4-8(15)2-3-9(10)16/h2-5,7,24H,6H2,1H3,(H2,20,21,22,23)/t7-/m1/s1. The molecule has 0 spiro atoms. The van der Waals surface area contributed by atoms with Gasteiger partial charge in [-0.05, 0) is 19.1 Å². The van der Waals surface area contributed by atoms with E-state index in [-0.39, 0.29) is 18.1 Å². The predicted molar refractivity (Wildman–Crippen MR) is 76.8 cm³/mol. The molecule has 130 valence electrons. The van der Waals surface area contributed by atoms with Gasteiger partial charge >= 0.3 is 6.18 Å². The molecular weight excluding hydrogens is 335 g/mol. The van der Waals surface area contributed by atoms with E-state index in [1.807, 2.05) is 0 Å². The third-order valence-electron chi connectivity index (χ3n) is 2.86. The molecular formula is C14H13F5N4O. The van der Waals surface area contributed by atoms with Crippen LogP contribution < -0.4 is 10.6 Å². The lowest BCUT2D eigenvalue weighted by Crippen LogP contribution is -2.22. The van der Waals surface area contributed by atoms with E-state index in [0.29, 0.717) is 6.07 Å². The summed E-state index contributed by atoms with van der Waals surface area (Å²) in [5, 5.41) is 13.7. The van der Waals surface area contributed by atoms with Crippen molar-refractivity contribution in [3.63, 3.8) is 0 Å². The van der Waals surface area contributed by atoms with Crippen molar-refractivity contribution in [1.82, 2.24) is 9.97 Å². The third kappa shape index (κ3) is 4.51. The van der Waals surface area contributed by atoms with Crippen LogP contribution in [-0.2, 0) is 6.18 Å². The summed E-state index contributed by atoms with van der Waals surface area (Å²) >= 11 is 0. The number of hydrogen-bond acceptors (Lipinski definition) is 5. The van der Waals surface area contributed by atoms with Crippen LogP contribution in [0.2, 0.25) is 0 Å². The average Bonchev–Trinajstić information content (AvgIpc) is 2.49. The Labute approximate surface area is 133 Å². The fourth-order valence-corrected chi connectivity index (χ4v) is 1.72. The number of nitrogens with one attached hydrogen (secondary N) is 2. The highest BCUT2D eigenvalue weighted by molar-refractivity contribution is 5.58. The molecule has 0 aliphatic rings. The first-order valence-corrected chi connectivity index (χ1v) is 6.75. The molecule has 2 rings (SSSR count). The highest BCUT2D eigenvalue weighted by Crippen LogP contribution is 2.31. The lowest BCUT2D eigenvalue weighted by molar-refractivity contribution is -0.141. The first kappa shape index (κ1) is 17.9. The summed E-state index contributed by atoms with van der Waals surface area (Å²) in [4.78, 5) is 7.08. The van der Waals surface area contributed by atoms with Crippen molar-refractivity contribution in [3.05, 3.63) is 41.6 Å². The number of nitrogens with zero attached hydrogens (tertiary/aromatic N) is 2. The molecule has 0 aliphatic carbocycles. The van der Waals surface area contributed by atoms with Crippen LogP contribution in [0, 0.1) is 11.6 Å². The summed E-state index contributed by atoms with van der Waals surface area (Å²) in [5.74, 6) is -2.42. The molecule has 5 nitrogen and oxygen atoms in total. The summed E-state index contributed by atoms with van der Waals surface area (Å²) in [5.41, 5.74) is -1.65. The van der Waals surface area contributed by atoms with Gasteiger partial charge in [0, 0.05) is 18.2 Å². The minimum absolute atomic E-state index is 0.360. The molecule has 0 saturated heterocycles. The molecule has 1 aromatic heterocycles. The summed E-state index contributed by atoms with van der Waals surface area (Å²) in [6.07, 6.45) is -4.77. The minimum Gasteiger partial charge on any atom is -0.394 e. The smallest absolute Gasteiger partial charge is 0.394 e. The Morgan fingerprint density at radius 3 is 2.50 bits per heavy atom. The molecule has 0 amide bonds. The molecule has 24 heavy (non-hydrogen) atoms. The molecule has 1 aromatic carbocycles. The van der Waals surface area contributed by atoms with Crippen LogP contribution in [0.3, 0.4) is 0 Å². The maximum absolute atomic E-state index is 13.6. The Morgan fingerprint density at radius 1 is 1.17 bits per heavy atom. The Morgan fingerprint density at radius 2 is 1.88 bits per heavy atom. The van der Waals surface area contributed by atoms with Crippen molar-refractivity contribution < 1.29 is 27.1 Å². The van der Waals surface area contributed by atoms with E-state index in [0.717, 1.165) is 18.2 Å². The first-order chi connectivity index (χ1) is 11.2. The monoisotopic (exact) mass is 348 g/mol. The molecule has 3 N–H and O–H groups in total. The van der Waals surface area contributed by atoms with Gasteiger partial charge in [0.25, 0.3) is 0 Å². The van der Waals surface area contributed by atoms with Crippen molar-refractivity contribution in [1.29, 1.82) is 0 Å². The number of rotatable bonds is 5. The van der Waals surface area contributed by atoms with Crippen molar-refractivity contribution in [3.8, 4) is 0 Å². The maximum Gasteiger partial charge on any atom is 0.433 e. The Balaban J connectivity index is 2.40. The largest absolute Gasteiger partial charge is 0.433 e. The van der Waals surface area contributed by atoms with Crippen LogP contribution in [0.5, 0.6) is 0 Å². The fourth-order valence-electron chi connectivity index (χ4n) is 1.72. The lowest BCUT2D eigenvalue weighted by atomic mass is 10.3. The third-order valence-corrected chi connectivity index (χ3v) is 2.86. The average molecular weight is 348 g/mol. The number of aliphatic hydroxyl groups excluding tert-OH is 1. The van der Waals surface area contributed by atoms with Crippen LogP contribution >= 0.6 is 0 Å². The van der Waals surface area contributed by atoms with E-state index in [2.05, 4.69) is 20.6 Å². The van der Waals surface area contributed by atoms with E-state index in [1.54, 1.807) is 0 Å². The Bertz CT molecular complexity index is 723. The van der Waals surface area contributed by atoms with E-state index in [4.69, 9.17) is 5.11 Å². The van der Waals surface area contributed by atoms with Gasteiger partial charge in [0.15, 0.2) is 5.69 Å². The van der Waals surface area contributed by atoms with Gasteiger partial charge in [-0.25, -0.2) is 13.8 Å². The van der Waals surface area contributed by atoms with Gasteiger partial charge in [-0.2, -0.15) is 18.2 Å². The molecule has 10 heteroatoms. The van der Waals surface area contributed by atoms with Crippen LogP contribution in [0.1, 0.15) is 12.6 Å². The number of aliphatic hydroxyl groups is 1. The van der Waals surface area contributed by atoms with E-state index >= 15 is 0 Å². The lowest BCUT2D eigenvalue weighted by Gasteiger charge is -2.15. The molecule has 0 aliphatic heterocycles. The van der Waals surface area contributed by atoms with Crippen LogP contribution in [0.15, 0.2) is 24.3 Å². The molecule has 0 fully saturated rings. The molecule has 0 unspecified atom stereocenters. The normalized spacial score (nSPS) is 12.8. The van der Waals surface area contributed by atoms with Gasteiger partial charge in [-0.1, -0.05) is 0 Å². The molecule has 2 aromatic rings. The van der Waals surface area contributed by atoms with Crippen LogP contribution in [-0.4, -0.2) is 27.7 Å². The quantitative estimate of drug-likeness (QED) is 0.724. The second kappa shape index (κ2) is 6.95. The number of benzene rings is 1. The van der Waals surface area contributed by atoms with Gasteiger partial charge < -0.3 is 15.7 Å². The van der Waals surface area contributed by atoms with Crippen LogP contribution in [0.25, 0.3) is 0 Å². The number of aromatic nitrogens is 2. The zero-order chi connectivity index (χ0) is 17.9. The zero-order valence-corrected chi connectivity index (χ0v) is 12.3. The van der Waals surface area contributed by atoms with E-state index in [1.165, 1.54) is 6.92 Å². The number of alkyl halides is 3. The van der Waals surface area contributed by atoms with E-state index in [9.17, 15) is 22.0 Å². The predicted octanol–water partition coefficient (Wildman–Crippen LogP) is 3.31. The second-order valence-electron chi connectivity index (χ2n) is 4.94. The van der Waals surface area contributed by atoms with Crippen molar-refractivity contribution in [2.24, 2.45) is 0 Å². The number of anilines is 3. The summed E-state index contributed by atoms with van der Waals surface area (Å²) < 4.78 is 65.5. The van der Waals surface area contributed by atoms with Gasteiger partial charge in [0.2, 0.25) is 5.95 Å².